The molecule has 16 heavy (non-hydrogen) atoms. The Morgan fingerprint density at radius 2 is 1.88 bits per heavy atom. The van der Waals surface area contributed by atoms with Crippen molar-refractivity contribution in [2.75, 3.05) is 11.5 Å². The minimum Gasteiger partial charge on any atom is -0.381 e. The SMILES string of the molecule is O=S1(=O)CC=C(OS(=O)(=O)C(F)(F)F)CC1. The molecule has 0 N–H and O–H groups in total. The first-order valence-electron chi connectivity index (χ1n) is 3.94. The van der Waals surface area contributed by atoms with Crippen molar-refractivity contribution in [2.24, 2.45) is 0 Å². The van der Waals surface area contributed by atoms with E-state index in [0.29, 0.717) is 0 Å². The Labute approximate surface area is 89.9 Å². The van der Waals surface area contributed by atoms with E-state index < -0.39 is 42.7 Å². The highest BCUT2D eigenvalue weighted by molar-refractivity contribution is 7.91. The highest BCUT2D eigenvalue weighted by Gasteiger charge is 2.49. The van der Waals surface area contributed by atoms with Gasteiger partial charge >= 0.3 is 15.6 Å². The first-order chi connectivity index (χ1) is 7.04. The van der Waals surface area contributed by atoms with E-state index in [9.17, 15) is 30.0 Å². The van der Waals surface area contributed by atoms with Crippen LogP contribution in [0, 0.1) is 0 Å². The summed E-state index contributed by atoms with van der Waals surface area (Å²) in [5, 5.41) is 0. The lowest BCUT2D eigenvalue weighted by Gasteiger charge is -2.15. The van der Waals surface area contributed by atoms with Crippen LogP contribution in [0.4, 0.5) is 13.2 Å². The van der Waals surface area contributed by atoms with Crippen molar-refractivity contribution < 1.29 is 34.2 Å². The van der Waals surface area contributed by atoms with Gasteiger partial charge in [-0.1, -0.05) is 0 Å². The maximum absolute atomic E-state index is 11.9. The van der Waals surface area contributed by atoms with E-state index in [0.717, 1.165) is 6.08 Å². The molecule has 0 spiro atoms. The van der Waals surface area contributed by atoms with E-state index in [1.807, 2.05) is 0 Å². The zero-order chi connectivity index (χ0) is 12.6. The Balaban J connectivity index is 2.83. The minimum atomic E-state index is -5.70. The van der Waals surface area contributed by atoms with E-state index in [1.54, 1.807) is 0 Å². The lowest BCUT2D eigenvalue weighted by atomic mass is 10.4. The van der Waals surface area contributed by atoms with Crippen molar-refractivity contribution in [3.8, 4) is 0 Å². The van der Waals surface area contributed by atoms with Gasteiger partial charge in [0.15, 0.2) is 9.84 Å². The van der Waals surface area contributed by atoms with Crippen LogP contribution in [0.3, 0.4) is 0 Å². The summed E-state index contributed by atoms with van der Waals surface area (Å²) in [7, 11) is -9.04. The first-order valence-corrected chi connectivity index (χ1v) is 7.17. The molecule has 0 atom stereocenters. The Hall–Kier alpha value is -0.770. The largest absolute Gasteiger partial charge is 0.534 e. The Kier molecular flexibility index (Phi) is 3.25. The van der Waals surface area contributed by atoms with Crippen LogP contribution >= 0.6 is 0 Å². The highest BCUT2D eigenvalue weighted by Crippen LogP contribution is 2.28. The number of halogens is 3. The van der Waals surface area contributed by atoms with Gasteiger partial charge in [0.2, 0.25) is 0 Å². The summed E-state index contributed by atoms with van der Waals surface area (Å²) in [6.07, 6.45) is 0.444. The number of allylic oxidation sites excluding steroid dienone is 1. The van der Waals surface area contributed by atoms with E-state index in [-0.39, 0.29) is 6.42 Å². The second kappa shape index (κ2) is 3.91. The molecule has 1 heterocycles. The molecule has 5 nitrogen and oxygen atoms in total. The molecule has 0 fully saturated rings. The second-order valence-corrected chi connectivity index (χ2v) is 6.78. The fourth-order valence-electron chi connectivity index (χ4n) is 0.925. The minimum absolute atomic E-state index is 0.377. The number of alkyl halides is 3. The average molecular weight is 280 g/mol. The third-order valence-electron chi connectivity index (χ3n) is 1.72. The number of hydrogen-bond donors (Lipinski definition) is 0. The summed E-state index contributed by atoms with van der Waals surface area (Å²) in [4.78, 5) is 0. The van der Waals surface area contributed by atoms with Gasteiger partial charge in [0.1, 0.15) is 5.76 Å². The smallest absolute Gasteiger partial charge is 0.381 e. The van der Waals surface area contributed by atoms with Crippen LogP contribution in [0.15, 0.2) is 11.8 Å². The van der Waals surface area contributed by atoms with Crippen molar-refractivity contribution in [2.45, 2.75) is 11.9 Å². The lowest BCUT2D eigenvalue weighted by Crippen LogP contribution is -2.27. The van der Waals surface area contributed by atoms with Crippen molar-refractivity contribution in [1.29, 1.82) is 0 Å². The Morgan fingerprint density at radius 3 is 2.25 bits per heavy atom. The summed E-state index contributed by atoms with van der Waals surface area (Å²) in [5.41, 5.74) is -5.51. The van der Waals surface area contributed by atoms with Gasteiger partial charge in [-0.15, -0.1) is 0 Å². The van der Waals surface area contributed by atoms with Crippen molar-refractivity contribution >= 4 is 20.0 Å². The summed E-state index contributed by atoms with van der Waals surface area (Å²) in [6.45, 7) is 0. The van der Waals surface area contributed by atoms with Gasteiger partial charge < -0.3 is 4.18 Å². The van der Waals surface area contributed by atoms with Crippen LogP contribution in [-0.4, -0.2) is 33.8 Å². The lowest BCUT2D eigenvalue weighted by molar-refractivity contribution is -0.0523. The molecular formula is C6H7F3O5S2. The fourth-order valence-corrected chi connectivity index (χ4v) is 2.57. The normalized spacial score (nSPS) is 21.3. The van der Waals surface area contributed by atoms with Gasteiger partial charge in [-0.25, -0.2) is 8.42 Å². The van der Waals surface area contributed by atoms with Gasteiger partial charge in [0.25, 0.3) is 0 Å². The summed E-state index contributed by atoms with van der Waals surface area (Å²) >= 11 is 0. The number of hydrogen-bond acceptors (Lipinski definition) is 5. The van der Waals surface area contributed by atoms with Gasteiger partial charge in [0, 0.05) is 6.42 Å². The van der Waals surface area contributed by atoms with Crippen LogP contribution < -0.4 is 0 Å². The zero-order valence-corrected chi connectivity index (χ0v) is 9.32. The molecule has 1 aliphatic rings. The Morgan fingerprint density at radius 1 is 1.31 bits per heavy atom. The maximum Gasteiger partial charge on any atom is 0.534 e. The third-order valence-corrected chi connectivity index (χ3v) is 4.23. The van der Waals surface area contributed by atoms with Crippen molar-refractivity contribution in [3.05, 3.63) is 11.8 Å². The quantitative estimate of drug-likeness (QED) is 0.545. The van der Waals surface area contributed by atoms with Gasteiger partial charge in [-0.2, -0.15) is 21.6 Å². The molecular weight excluding hydrogens is 273 g/mol. The highest BCUT2D eigenvalue weighted by atomic mass is 32.2. The first kappa shape index (κ1) is 13.3. The molecule has 1 rings (SSSR count). The fraction of sp³-hybridized carbons (Fsp3) is 0.667. The predicted octanol–water partition coefficient (Wildman–Crippen LogP) is 0.555. The molecule has 0 saturated carbocycles. The molecule has 94 valence electrons. The van der Waals surface area contributed by atoms with Crippen molar-refractivity contribution in [1.82, 2.24) is 0 Å². The van der Waals surface area contributed by atoms with E-state index in [4.69, 9.17) is 0 Å². The molecule has 0 aromatic carbocycles. The predicted molar refractivity (Wildman–Crippen MR) is 47.4 cm³/mol. The van der Waals surface area contributed by atoms with Gasteiger partial charge in [0.05, 0.1) is 11.5 Å². The van der Waals surface area contributed by atoms with E-state index >= 15 is 0 Å². The topological polar surface area (TPSA) is 77.5 Å². The van der Waals surface area contributed by atoms with E-state index in [2.05, 4.69) is 4.18 Å². The van der Waals surface area contributed by atoms with Crippen LogP contribution in [0.25, 0.3) is 0 Å². The van der Waals surface area contributed by atoms with Crippen LogP contribution in [0.2, 0.25) is 0 Å². The standard InChI is InChI=1S/C6H7F3O5S2/c7-6(8,9)16(12,13)14-5-1-3-15(10,11)4-2-5/h1H,2-4H2. The molecule has 0 saturated heterocycles. The Bertz CT molecular complexity index is 499. The monoisotopic (exact) mass is 280 g/mol. The number of sulfone groups is 1. The maximum atomic E-state index is 11.9. The van der Waals surface area contributed by atoms with Crippen molar-refractivity contribution in [3.63, 3.8) is 0 Å². The van der Waals surface area contributed by atoms with Crippen LogP contribution in [0.1, 0.15) is 6.42 Å². The third kappa shape index (κ3) is 3.11. The molecule has 0 amide bonds. The summed E-state index contributed by atoms with van der Waals surface area (Å²) in [5.74, 6) is -1.44. The molecule has 0 bridgehead atoms. The molecule has 0 unspecified atom stereocenters. The van der Waals surface area contributed by atoms with Crippen LogP contribution in [0.5, 0.6) is 0 Å². The molecule has 1 aliphatic heterocycles. The second-order valence-electron chi connectivity index (χ2n) is 3.02. The zero-order valence-electron chi connectivity index (χ0n) is 7.69. The molecule has 0 aliphatic carbocycles. The summed E-state index contributed by atoms with van der Waals surface area (Å²) in [6, 6.07) is 0. The van der Waals surface area contributed by atoms with Crippen LogP contribution in [-0.2, 0) is 24.1 Å². The molecule has 10 heteroatoms. The molecule has 0 aromatic rings. The average Bonchev–Trinajstić information content (AvgIpc) is 2.06. The van der Waals surface area contributed by atoms with Gasteiger partial charge in [-0.3, -0.25) is 0 Å². The number of rotatable bonds is 2. The summed E-state index contributed by atoms with van der Waals surface area (Å²) < 4.78 is 82.3. The molecule has 0 aromatic heterocycles. The van der Waals surface area contributed by atoms with Gasteiger partial charge in [-0.05, 0) is 6.08 Å². The van der Waals surface area contributed by atoms with E-state index in [1.165, 1.54) is 0 Å². The molecule has 0 radical (unpaired) electrons.